The summed E-state index contributed by atoms with van der Waals surface area (Å²) in [4.78, 5) is 25.7. The maximum Gasteiger partial charge on any atom is 0.344 e. The number of nitrogens with zero attached hydrogens (tertiary/aromatic N) is 4. The predicted molar refractivity (Wildman–Crippen MR) is 107 cm³/mol. The summed E-state index contributed by atoms with van der Waals surface area (Å²) < 4.78 is 6.69. The molecule has 3 rings (SSSR count). The molecule has 0 saturated heterocycles. The van der Waals surface area contributed by atoms with Crippen LogP contribution in [0.3, 0.4) is 0 Å². The Labute approximate surface area is 174 Å². The summed E-state index contributed by atoms with van der Waals surface area (Å²) in [6, 6.07) is 4.56. The number of halogens is 3. The van der Waals surface area contributed by atoms with Crippen molar-refractivity contribution in [3.8, 4) is 22.9 Å². The molecule has 0 saturated carbocycles. The third-order valence-electron chi connectivity index (χ3n) is 3.83. The van der Waals surface area contributed by atoms with Gasteiger partial charge in [0.2, 0.25) is 5.88 Å². The van der Waals surface area contributed by atoms with Crippen molar-refractivity contribution in [2.75, 3.05) is 0 Å². The highest BCUT2D eigenvalue weighted by Gasteiger charge is 2.17. The Morgan fingerprint density at radius 2 is 1.71 bits per heavy atom. The van der Waals surface area contributed by atoms with Crippen LogP contribution < -0.4 is 16.0 Å². The van der Waals surface area contributed by atoms with Gasteiger partial charge in [-0.2, -0.15) is 5.10 Å². The number of hydrogen-bond acceptors (Lipinski definition) is 6. The Balaban J connectivity index is 2.02. The van der Waals surface area contributed by atoms with Gasteiger partial charge in [-0.15, -0.1) is 10.2 Å². The minimum absolute atomic E-state index is 0.00849. The molecular formula is C17H14Cl3N5O3. The van der Waals surface area contributed by atoms with E-state index in [9.17, 15) is 9.59 Å². The highest BCUT2D eigenvalue weighted by atomic mass is 35.5. The molecule has 2 aromatic heterocycles. The van der Waals surface area contributed by atoms with Crippen LogP contribution >= 0.6 is 34.8 Å². The fraction of sp³-hybridized carbons (Fsp3) is 0.235. The van der Waals surface area contributed by atoms with E-state index in [-0.39, 0.29) is 38.4 Å². The number of aromatic nitrogens is 5. The molecule has 1 N–H and O–H groups in total. The number of benzene rings is 1. The third kappa shape index (κ3) is 4.04. The van der Waals surface area contributed by atoms with E-state index in [0.717, 1.165) is 10.2 Å². The molecule has 8 nitrogen and oxygen atoms in total. The van der Waals surface area contributed by atoms with Crippen molar-refractivity contribution in [2.24, 2.45) is 7.05 Å². The van der Waals surface area contributed by atoms with Gasteiger partial charge in [0.05, 0.1) is 10.0 Å². The molecule has 0 spiro atoms. The summed E-state index contributed by atoms with van der Waals surface area (Å²) in [5.41, 5.74) is -0.214. The number of aryl methyl sites for hydroxylation is 1. The van der Waals surface area contributed by atoms with Crippen LogP contribution in [0.2, 0.25) is 15.2 Å². The summed E-state index contributed by atoms with van der Waals surface area (Å²) in [7, 11) is 1.41. The Kier molecular flexibility index (Phi) is 5.74. The van der Waals surface area contributed by atoms with Gasteiger partial charge < -0.3 is 4.74 Å². The normalized spacial score (nSPS) is 11.1. The van der Waals surface area contributed by atoms with Gasteiger partial charge in [-0.3, -0.25) is 9.78 Å². The lowest BCUT2D eigenvalue weighted by Gasteiger charge is -2.12. The lowest BCUT2D eigenvalue weighted by atomic mass is 10.1. The highest BCUT2D eigenvalue weighted by Crippen LogP contribution is 2.39. The van der Waals surface area contributed by atoms with Crippen molar-refractivity contribution >= 4 is 34.8 Å². The van der Waals surface area contributed by atoms with Crippen molar-refractivity contribution in [1.29, 1.82) is 0 Å². The second-order valence-electron chi connectivity index (χ2n) is 6.19. The first-order valence-electron chi connectivity index (χ1n) is 8.05. The van der Waals surface area contributed by atoms with Crippen LogP contribution in [0.25, 0.3) is 11.3 Å². The zero-order valence-corrected chi connectivity index (χ0v) is 17.2. The highest BCUT2D eigenvalue weighted by molar-refractivity contribution is 6.37. The minimum Gasteiger partial charge on any atom is -0.434 e. The molecule has 0 aliphatic carbocycles. The Morgan fingerprint density at radius 1 is 1.07 bits per heavy atom. The van der Waals surface area contributed by atoms with Gasteiger partial charge in [0.15, 0.2) is 16.6 Å². The van der Waals surface area contributed by atoms with Crippen molar-refractivity contribution < 1.29 is 4.74 Å². The average molecular weight is 443 g/mol. The van der Waals surface area contributed by atoms with Gasteiger partial charge in [-0.05, 0) is 23.6 Å². The summed E-state index contributed by atoms with van der Waals surface area (Å²) in [5.74, 6) is 0.420. The number of ether oxygens (including phenoxy) is 1. The van der Waals surface area contributed by atoms with Crippen LogP contribution in [0.4, 0.5) is 0 Å². The van der Waals surface area contributed by atoms with Gasteiger partial charge in [-0.25, -0.2) is 9.48 Å². The van der Waals surface area contributed by atoms with E-state index in [1.54, 1.807) is 6.07 Å². The van der Waals surface area contributed by atoms with Crippen molar-refractivity contribution in [2.45, 2.75) is 19.8 Å². The van der Waals surface area contributed by atoms with Gasteiger partial charge in [0.25, 0.3) is 5.56 Å². The van der Waals surface area contributed by atoms with E-state index in [2.05, 4.69) is 20.3 Å². The number of hydrogen-bond donors (Lipinski definition) is 1. The maximum atomic E-state index is 12.0. The summed E-state index contributed by atoms with van der Waals surface area (Å²) in [5, 5.41) is 12.2. The topological polar surface area (TPSA) is 103 Å². The van der Waals surface area contributed by atoms with E-state index in [4.69, 9.17) is 39.5 Å². The van der Waals surface area contributed by atoms with Crippen LogP contribution in [-0.4, -0.2) is 25.0 Å². The molecule has 0 fully saturated rings. The first-order chi connectivity index (χ1) is 13.2. The minimum atomic E-state index is -0.658. The predicted octanol–water partition coefficient (Wildman–Crippen LogP) is 3.80. The first-order valence-corrected chi connectivity index (χ1v) is 9.18. The third-order valence-corrected chi connectivity index (χ3v) is 4.69. The number of aromatic amines is 1. The van der Waals surface area contributed by atoms with Crippen LogP contribution in [0.1, 0.15) is 25.3 Å². The summed E-state index contributed by atoms with van der Waals surface area (Å²) >= 11 is 18.6. The molecular weight excluding hydrogens is 429 g/mol. The number of nitrogens with one attached hydrogen (secondary N) is 1. The lowest BCUT2D eigenvalue weighted by molar-refractivity contribution is 0.454. The van der Waals surface area contributed by atoms with Crippen LogP contribution in [0.5, 0.6) is 11.6 Å². The molecule has 0 radical (unpaired) electrons. The van der Waals surface area contributed by atoms with E-state index < -0.39 is 11.2 Å². The maximum absolute atomic E-state index is 12.0. The molecule has 11 heteroatoms. The fourth-order valence-electron chi connectivity index (χ4n) is 2.39. The van der Waals surface area contributed by atoms with Crippen LogP contribution in [0, 0.1) is 0 Å². The molecule has 0 bridgehead atoms. The standard InChI is InChI=1S/C17H14Cl3N5O3/c1-7(2)9-6-12(22-23-15(9)20)28-14-10(18)4-8(5-11(14)19)13-16(26)21-17(27)25(3)24-13/h4-7H,1-3H3,(H,21,26,27). The van der Waals surface area contributed by atoms with Crippen LogP contribution in [-0.2, 0) is 7.05 Å². The van der Waals surface area contributed by atoms with E-state index in [0.29, 0.717) is 5.56 Å². The van der Waals surface area contributed by atoms with Gasteiger partial charge >= 0.3 is 5.69 Å². The molecule has 0 aliphatic rings. The molecule has 1 aromatic carbocycles. The molecule has 28 heavy (non-hydrogen) atoms. The second kappa shape index (κ2) is 7.90. The molecule has 3 aromatic rings. The fourth-order valence-corrected chi connectivity index (χ4v) is 3.27. The summed E-state index contributed by atoms with van der Waals surface area (Å²) in [6.45, 7) is 3.91. The van der Waals surface area contributed by atoms with Crippen LogP contribution in [0.15, 0.2) is 27.8 Å². The number of rotatable bonds is 4. The zero-order chi connectivity index (χ0) is 20.6. The van der Waals surface area contributed by atoms with Crippen molar-refractivity contribution in [3.05, 3.63) is 59.8 Å². The van der Waals surface area contributed by atoms with E-state index in [1.807, 2.05) is 13.8 Å². The summed E-state index contributed by atoms with van der Waals surface area (Å²) in [6.07, 6.45) is 0. The van der Waals surface area contributed by atoms with Gasteiger partial charge in [-0.1, -0.05) is 48.7 Å². The molecule has 0 aliphatic heterocycles. The molecule has 146 valence electrons. The van der Waals surface area contributed by atoms with Gasteiger partial charge in [0, 0.05) is 18.7 Å². The quantitative estimate of drug-likeness (QED) is 0.659. The van der Waals surface area contributed by atoms with Crippen molar-refractivity contribution in [3.63, 3.8) is 0 Å². The average Bonchev–Trinajstić information content (AvgIpc) is 2.62. The Bertz CT molecular complexity index is 1150. The van der Waals surface area contributed by atoms with Crippen molar-refractivity contribution in [1.82, 2.24) is 25.0 Å². The SMILES string of the molecule is CC(C)c1cc(Oc2c(Cl)cc(-c3nn(C)c(=O)[nH]c3=O)cc2Cl)nnc1Cl. The molecule has 0 amide bonds. The number of H-pyrrole nitrogens is 1. The zero-order valence-electron chi connectivity index (χ0n) is 15.0. The monoisotopic (exact) mass is 441 g/mol. The van der Waals surface area contributed by atoms with E-state index in [1.165, 1.54) is 19.2 Å². The molecule has 0 unspecified atom stereocenters. The Morgan fingerprint density at radius 3 is 2.32 bits per heavy atom. The Hall–Kier alpha value is -2.42. The molecule has 2 heterocycles. The largest absolute Gasteiger partial charge is 0.434 e. The first kappa shape index (κ1) is 20.3. The molecule has 0 atom stereocenters. The lowest BCUT2D eigenvalue weighted by Crippen LogP contribution is -2.31. The van der Waals surface area contributed by atoms with E-state index >= 15 is 0 Å². The smallest absolute Gasteiger partial charge is 0.344 e. The van der Waals surface area contributed by atoms with Gasteiger partial charge in [0.1, 0.15) is 0 Å². The second-order valence-corrected chi connectivity index (χ2v) is 7.36.